The minimum atomic E-state index is -9.31. The van der Waals surface area contributed by atoms with Crippen LogP contribution in [0.3, 0.4) is 0 Å². The Bertz CT molecular complexity index is 758. The van der Waals surface area contributed by atoms with E-state index in [9.17, 15) is 101 Å². The maximum absolute atomic E-state index is 13.3. The lowest BCUT2D eigenvalue weighted by molar-refractivity contribution is -0.471. The van der Waals surface area contributed by atoms with Crippen LogP contribution in [0.4, 0.5) is 101 Å². The molecule has 0 fully saturated rings. The summed E-state index contributed by atoms with van der Waals surface area (Å²) in [7, 11) is 0. The van der Waals surface area contributed by atoms with Crippen molar-refractivity contribution >= 4 is 0 Å². The van der Waals surface area contributed by atoms with Crippen LogP contribution in [0, 0.1) is 0 Å². The first kappa shape index (κ1) is 33.4. The SMILES string of the molecule is FCC(F)(F)C(F)(F)C(F)(F)C(F)(F)C(F)(F)C(F)(F)C(F)(F)C(F)(F)C(F)(F)C(F)(F)C(F)F. The van der Waals surface area contributed by atoms with E-state index in [1.807, 2.05) is 0 Å². The van der Waals surface area contributed by atoms with Crippen LogP contribution in [-0.4, -0.2) is 72.3 Å². The summed E-state index contributed by atoms with van der Waals surface area (Å²) in [6.07, 6.45) is -6.19. The van der Waals surface area contributed by atoms with Crippen molar-refractivity contribution in [3.63, 3.8) is 0 Å². The maximum atomic E-state index is 13.3. The molecule has 0 unspecified atom stereocenters. The van der Waals surface area contributed by atoms with Gasteiger partial charge >= 0.3 is 65.7 Å². The summed E-state index contributed by atoms with van der Waals surface area (Å²) in [4.78, 5) is 0. The third kappa shape index (κ3) is 3.83. The average Bonchev–Trinajstić information content (AvgIpc) is 2.66. The Morgan fingerprint density at radius 1 is 0.343 bits per heavy atom. The molecule has 0 atom stereocenters. The van der Waals surface area contributed by atoms with Gasteiger partial charge in [0, 0.05) is 0 Å². The first-order valence-electron chi connectivity index (χ1n) is 7.38. The third-order valence-electron chi connectivity index (χ3n) is 4.08. The summed E-state index contributed by atoms with van der Waals surface area (Å²) in [5.41, 5.74) is 0. The molecule has 0 saturated heterocycles. The Kier molecular flexibility index (Phi) is 7.82. The zero-order valence-electron chi connectivity index (χ0n) is 15.0. The van der Waals surface area contributed by atoms with Gasteiger partial charge in [0.2, 0.25) is 0 Å². The third-order valence-corrected chi connectivity index (χ3v) is 4.08. The molecular weight excluding hydrogens is 581 g/mol. The van der Waals surface area contributed by atoms with E-state index in [0.29, 0.717) is 0 Å². The van der Waals surface area contributed by atoms with Gasteiger partial charge in [0.1, 0.15) is 0 Å². The fourth-order valence-corrected chi connectivity index (χ4v) is 1.84. The van der Waals surface area contributed by atoms with E-state index in [1.54, 1.807) is 0 Å². The quantitative estimate of drug-likeness (QED) is 0.220. The van der Waals surface area contributed by atoms with Crippen molar-refractivity contribution in [2.75, 3.05) is 6.67 Å². The number of halogens is 23. The molecule has 0 amide bonds. The van der Waals surface area contributed by atoms with Gasteiger partial charge in [-0.15, -0.1) is 0 Å². The summed E-state index contributed by atoms with van der Waals surface area (Å²) < 4.78 is 296. The van der Waals surface area contributed by atoms with Gasteiger partial charge in [0.15, 0.2) is 6.67 Å². The van der Waals surface area contributed by atoms with Crippen molar-refractivity contribution in [3.8, 4) is 0 Å². The molecule has 0 aliphatic rings. The number of rotatable bonds is 11. The highest BCUT2D eigenvalue weighted by atomic mass is 19.4. The van der Waals surface area contributed by atoms with Crippen LogP contribution in [0.1, 0.15) is 0 Å². The van der Waals surface area contributed by atoms with Gasteiger partial charge < -0.3 is 0 Å². The molecule has 23 heteroatoms. The fraction of sp³-hybridized carbons (Fsp3) is 1.00. The molecule has 0 aliphatic carbocycles. The van der Waals surface area contributed by atoms with Crippen LogP contribution < -0.4 is 0 Å². The Morgan fingerprint density at radius 2 is 0.543 bits per heavy atom. The van der Waals surface area contributed by atoms with Gasteiger partial charge in [0.05, 0.1) is 0 Å². The van der Waals surface area contributed by atoms with Crippen LogP contribution in [0.2, 0.25) is 0 Å². The molecule has 212 valence electrons. The lowest BCUT2D eigenvalue weighted by Crippen LogP contribution is -2.77. The van der Waals surface area contributed by atoms with Crippen molar-refractivity contribution in [2.45, 2.75) is 65.7 Å². The van der Waals surface area contributed by atoms with Gasteiger partial charge in [-0.2, -0.15) is 87.8 Å². The number of alkyl halides is 23. The summed E-state index contributed by atoms with van der Waals surface area (Å²) in [5, 5.41) is 0. The lowest BCUT2D eigenvalue weighted by Gasteiger charge is -2.44. The van der Waals surface area contributed by atoms with Crippen LogP contribution in [0.15, 0.2) is 0 Å². The number of hydrogen-bond acceptors (Lipinski definition) is 0. The zero-order valence-corrected chi connectivity index (χ0v) is 15.0. The highest BCUT2D eigenvalue weighted by Crippen LogP contribution is 2.66. The van der Waals surface area contributed by atoms with Gasteiger partial charge in [0.25, 0.3) is 0 Å². The summed E-state index contributed by atoms with van der Waals surface area (Å²) in [5.74, 6) is -86.6. The predicted molar refractivity (Wildman–Crippen MR) is 61.4 cm³/mol. The largest absolute Gasteiger partial charge is 0.385 e. The van der Waals surface area contributed by atoms with Gasteiger partial charge in [-0.25, -0.2) is 13.2 Å². The first-order valence-corrected chi connectivity index (χ1v) is 7.38. The van der Waals surface area contributed by atoms with Crippen LogP contribution in [0.25, 0.3) is 0 Å². The molecule has 0 aromatic heterocycles. The van der Waals surface area contributed by atoms with Crippen LogP contribution >= 0.6 is 0 Å². The fourth-order valence-electron chi connectivity index (χ4n) is 1.84. The Hall–Kier alpha value is -1.61. The van der Waals surface area contributed by atoms with Crippen molar-refractivity contribution in [3.05, 3.63) is 0 Å². The summed E-state index contributed by atoms with van der Waals surface area (Å²) in [6, 6.07) is 0. The summed E-state index contributed by atoms with van der Waals surface area (Å²) >= 11 is 0. The molecule has 0 N–H and O–H groups in total. The minimum absolute atomic E-state index is 4.16. The highest BCUT2D eigenvalue weighted by Gasteiger charge is 2.97. The summed E-state index contributed by atoms with van der Waals surface area (Å²) in [6.45, 7) is -4.16. The van der Waals surface area contributed by atoms with E-state index < -0.39 is 72.3 Å². The monoisotopic (exact) mass is 584 g/mol. The van der Waals surface area contributed by atoms with E-state index >= 15 is 0 Å². The average molecular weight is 584 g/mol. The molecule has 35 heavy (non-hydrogen) atoms. The smallest absolute Gasteiger partial charge is 0.244 e. The standard InChI is InChI=1S/C12H3F23/c13-1-3(16,17)5(20,21)7(24,25)9(28,29)11(32,33)12(34,35)10(30,31)8(26,27)6(22,23)4(18,19)2(14)15/h2H,1H2. The second-order valence-corrected chi connectivity index (χ2v) is 6.36. The maximum Gasteiger partial charge on any atom is 0.385 e. The molecule has 0 aromatic rings. The normalized spacial score (nSPS) is 16.8. The molecule has 0 radical (unpaired) electrons. The molecule has 0 nitrogen and oxygen atoms in total. The molecule has 0 aromatic carbocycles. The second kappa shape index (κ2) is 8.20. The van der Waals surface area contributed by atoms with Crippen LogP contribution in [-0.2, 0) is 0 Å². The molecule has 0 aliphatic heterocycles. The molecule has 0 saturated carbocycles. The van der Waals surface area contributed by atoms with E-state index in [1.165, 1.54) is 0 Å². The first-order chi connectivity index (χ1) is 14.8. The van der Waals surface area contributed by atoms with Crippen LogP contribution in [0.5, 0.6) is 0 Å². The van der Waals surface area contributed by atoms with Gasteiger partial charge in [-0.3, -0.25) is 0 Å². The molecule has 0 rings (SSSR count). The molecule has 0 spiro atoms. The molecule has 0 heterocycles. The van der Waals surface area contributed by atoms with Gasteiger partial charge in [-0.05, 0) is 0 Å². The van der Waals surface area contributed by atoms with Crippen molar-refractivity contribution in [1.29, 1.82) is 0 Å². The lowest BCUT2D eigenvalue weighted by atomic mass is 9.85. The predicted octanol–water partition coefficient (Wildman–Crippen LogP) is 7.57. The topological polar surface area (TPSA) is 0 Å². The molecule has 0 bridgehead atoms. The van der Waals surface area contributed by atoms with Gasteiger partial charge in [-0.1, -0.05) is 0 Å². The molecular formula is C12H3F23. The van der Waals surface area contributed by atoms with E-state index in [2.05, 4.69) is 0 Å². The number of hydrogen-bond donors (Lipinski definition) is 0. The zero-order chi connectivity index (χ0) is 29.3. The highest BCUT2D eigenvalue weighted by molar-refractivity contribution is 5.18. The van der Waals surface area contributed by atoms with Crippen molar-refractivity contribution < 1.29 is 101 Å². The van der Waals surface area contributed by atoms with E-state index in [-0.39, 0.29) is 0 Å². The van der Waals surface area contributed by atoms with Crippen molar-refractivity contribution in [1.82, 2.24) is 0 Å². The Labute approximate surface area is 175 Å². The van der Waals surface area contributed by atoms with E-state index in [4.69, 9.17) is 0 Å². The van der Waals surface area contributed by atoms with E-state index in [0.717, 1.165) is 0 Å². The minimum Gasteiger partial charge on any atom is -0.244 e. The Balaban J connectivity index is 7.11. The Morgan fingerprint density at radius 3 is 0.743 bits per heavy atom. The van der Waals surface area contributed by atoms with Crippen molar-refractivity contribution in [2.24, 2.45) is 0 Å². The second-order valence-electron chi connectivity index (χ2n) is 6.36.